The smallest absolute Gasteiger partial charge is 0.0781 e. The van der Waals surface area contributed by atoms with Gasteiger partial charge in [-0.1, -0.05) is 26.0 Å². The Kier molecular flexibility index (Phi) is 4.15. The van der Waals surface area contributed by atoms with Crippen LogP contribution in [0.4, 0.5) is 5.69 Å². The van der Waals surface area contributed by atoms with Crippen molar-refractivity contribution in [2.24, 2.45) is 0 Å². The SMILES string of the molecule is CCNc1cc(C(C)C)ccc1C(C)O. The van der Waals surface area contributed by atoms with Gasteiger partial charge in [-0.15, -0.1) is 0 Å². The molecule has 0 radical (unpaired) electrons. The fourth-order valence-electron chi connectivity index (χ4n) is 1.64. The second kappa shape index (κ2) is 5.17. The maximum atomic E-state index is 9.62. The first-order valence-corrected chi connectivity index (χ1v) is 5.62. The van der Waals surface area contributed by atoms with Crippen molar-refractivity contribution in [2.75, 3.05) is 11.9 Å². The first kappa shape index (κ1) is 12.1. The number of aliphatic hydroxyl groups excluding tert-OH is 1. The van der Waals surface area contributed by atoms with Crippen molar-refractivity contribution in [3.05, 3.63) is 29.3 Å². The van der Waals surface area contributed by atoms with Crippen molar-refractivity contribution in [1.82, 2.24) is 0 Å². The molecule has 0 saturated heterocycles. The zero-order valence-corrected chi connectivity index (χ0v) is 10.0. The average Bonchev–Trinajstić information content (AvgIpc) is 2.17. The van der Waals surface area contributed by atoms with E-state index in [1.807, 2.05) is 6.07 Å². The highest BCUT2D eigenvalue weighted by Crippen LogP contribution is 2.27. The van der Waals surface area contributed by atoms with Crippen molar-refractivity contribution in [3.63, 3.8) is 0 Å². The van der Waals surface area contributed by atoms with Crippen LogP contribution in [0.2, 0.25) is 0 Å². The normalized spacial score (nSPS) is 12.9. The minimum atomic E-state index is -0.416. The predicted octanol–water partition coefficient (Wildman–Crippen LogP) is 3.30. The molecule has 0 bridgehead atoms. The van der Waals surface area contributed by atoms with E-state index in [-0.39, 0.29) is 0 Å². The zero-order chi connectivity index (χ0) is 11.4. The number of aliphatic hydroxyl groups is 1. The first-order valence-electron chi connectivity index (χ1n) is 5.62. The molecule has 0 aromatic heterocycles. The summed E-state index contributed by atoms with van der Waals surface area (Å²) in [6.45, 7) is 9.08. The second-order valence-corrected chi connectivity index (χ2v) is 4.21. The Morgan fingerprint density at radius 2 is 1.93 bits per heavy atom. The van der Waals surface area contributed by atoms with Crippen molar-refractivity contribution in [3.8, 4) is 0 Å². The van der Waals surface area contributed by atoms with Gasteiger partial charge in [0.25, 0.3) is 0 Å². The maximum absolute atomic E-state index is 9.62. The largest absolute Gasteiger partial charge is 0.389 e. The summed E-state index contributed by atoms with van der Waals surface area (Å²) in [6, 6.07) is 6.24. The number of hydrogen-bond acceptors (Lipinski definition) is 2. The number of nitrogens with one attached hydrogen (secondary N) is 1. The lowest BCUT2D eigenvalue weighted by Crippen LogP contribution is -2.04. The highest BCUT2D eigenvalue weighted by atomic mass is 16.3. The zero-order valence-electron chi connectivity index (χ0n) is 10.0. The molecule has 1 rings (SSSR count). The van der Waals surface area contributed by atoms with E-state index in [1.165, 1.54) is 5.56 Å². The van der Waals surface area contributed by atoms with Crippen molar-refractivity contribution in [1.29, 1.82) is 0 Å². The van der Waals surface area contributed by atoms with Gasteiger partial charge in [0.15, 0.2) is 0 Å². The molecule has 0 heterocycles. The highest BCUT2D eigenvalue weighted by Gasteiger charge is 2.09. The van der Waals surface area contributed by atoms with Gasteiger partial charge in [-0.25, -0.2) is 0 Å². The quantitative estimate of drug-likeness (QED) is 0.794. The molecular weight excluding hydrogens is 186 g/mol. The molecular formula is C13H21NO. The lowest BCUT2D eigenvalue weighted by molar-refractivity contribution is 0.200. The van der Waals surface area contributed by atoms with Crippen molar-refractivity contribution < 1.29 is 5.11 Å². The highest BCUT2D eigenvalue weighted by molar-refractivity contribution is 5.54. The minimum absolute atomic E-state index is 0.416. The first-order chi connectivity index (χ1) is 7.06. The maximum Gasteiger partial charge on any atom is 0.0781 e. The third-order valence-electron chi connectivity index (χ3n) is 2.56. The molecule has 84 valence electrons. The molecule has 2 heteroatoms. The van der Waals surface area contributed by atoms with E-state index in [2.05, 4.69) is 38.2 Å². The minimum Gasteiger partial charge on any atom is -0.389 e. The van der Waals surface area contributed by atoms with Gasteiger partial charge in [-0.05, 0) is 31.4 Å². The number of anilines is 1. The Morgan fingerprint density at radius 1 is 1.27 bits per heavy atom. The summed E-state index contributed by atoms with van der Waals surface area (Å²) in [7, 11) is 0. The predicted molar refractivity (Wildman–Crippen MR) is 65.3 cm³/mol. The van der Waals surface area contributed by atoms with Gasteiger partial charge in [0.2, 0.25) is 0 Å². The van der Waals surface area contributed by atoms with Gasteiger partial charge in [0.1, 0.15) is 0 Å². The van der Waals surface area contributed by atoms with Crippen LogP contribution < -0.4 is 5.32 Å². The second-order valence-electron chi connectivity index (χ2n) is 4.21. The van der Waals surface area contributed by atoms with Crippen LogP contribution in [0, 0.1) is 0 Å². The van der Waals surface area contributed by atoms with Crippen LogP contribution in [-0.2, 0) is 0 Å². The van der Waals surface area contributed by atoms with Crippen LogP contribution in [0.15, 0.2) is 18.2 Å². The van der Waals surface area contributed by atoms with Crippen LogP contribution in [0.25, 0.3) is 0 Å². The lowest BCUT2D eigenvalue weighted by atomic mass is 9.98. The summed E-state index contributed by atoms with van der Waals surface area (Å²) < 4.78 is 0. The summed E-state index contributed by atoms with van der Waals surface area (Å²) in [5.41, 5.74) is 3.33. The van der Waals surface area contributed by atoms with Gasteiger partial charge >= 0.3 is 0 Å². The molecule has 0 amide bonds. The topological polar surface area (TPSA) is 32.3 Å². The van der Waals surface area contributed by atoms with E-state index in [4.69, 9.17) is 0 Å². The fourth-order valence-corrected chi connectivity index (χ4v) is 1.64. The van der Waals surface area contributed by atoms with E-state index in [9.17, 15) is 5.11 Å². The number of hydrogen-bond donors (Lipinski definition) is 2. The molecule has 1 aromatic carbocycles. The fraction of sp³-hybridized carbons (Fsp3) is 0.538. The Balaban J connectivity index is 3.08. The number of benzene rings is 1. The van der Waals surface area contributed by atoms with Gasteiger partial charge in [0.05, 0.1) is 6.10 Å². The molecule has 0 aliphatic carbocycles. The molecule has 0 aliphatic rings. The monoisotopic (exact) mass is 207 g/mol. The van der Waals surface area contributed by atoms with Crippen LogP contribution in [0.5, 0.6) is 0 Å². The molecule has 2 N–H and O–H groups in total. The Morgan fingerprint density at radius 3 is 2.40 bits per heavy atom. The number of rotatable bonds is 4. The molecule has 1 aromatic rings. The summed E-state index contributed by atoms with van der Waals surface area (Å²) in [6.07, 6.45) is -0.416. The van der Waals surface area contributed by atoms with E-state index >= 15 is 0 Å². The molecule has 1 unspecified atom stereocenters. The van der Waals surface area contributed by atoms with Gasteiger partial charge in [0, 0.05) is 17.8 Å². The standard InChI is InChI=1S/C13H21NO/c1-5-14-13-8-11(9(2)3)6-7-12(13)10(4)15/h6-10,14-15H,5H2,1-4H3. The molecule has 1 atom stereocenters. The van der Waals surface area contributed by atoms with E-state index in [0.717, 1.165) is 17.8 Å². The van der Waals surface area contributed by atoms with Crippen molar-refractivity contribution >= 4 is 5.69 Å². The van der Waals surface area contributed by atoms with Crippen LogP contribution in [-0.4, -0.2) is 11.7 Å². The molecule has 0 saturated carbocycles. The third-order valence-corrected chi connectivity index (χ3v) is 2.56. The van der Waals surface area contributed by atoms with Gasteiger partial charge in [-0.3, -0.25) is 0 Å². The van der Waals surface area contributed by atoms with Crippen molar-refractivity contribution in [2.45, 2.75) is 39.7 Å². The third kappa shape index (κ3) is 2.96. The molecule has 0 fully saturated rings. The van der Waals surface area contributed by atoms with E-state index in [0.29, 0.717) is 5.92 Å². The van der Waals surface area contributed by atoms with Gasteiger partial charge in [-0.2, -0.15) is 0 Å². The molecule has 15 heavy (non-hydrogen) atoms. The molecule has 2 nitrogen and oxygen atoms in total. The molecule has 0 aliphatic heterocycles. The lowest BCUT2D eigenvalue weighted by Gasteiger charge is -2.16. The Bertz CT molecular complexity index is 318. The van der Waals surface area contributed by atoms with Crippen LogP contribution >= 0.6 is 0 Å². The van der Waals surface area contributed by atoms with Crippen LogP contribution in [0.3, 0.4) is 0 Å². The summed E-state index contributed by atoms with van der Waals surface area (Å²) >= 11 is 0. The van der Waals surface area contributed by atoms with E-state index in [1.54, 1.807) is 6.92 Å². The summed E-state index contributed by atoms with van der Waals surface area (Å²) in [5, 5.41) is 12.9. The molecule has 0 spiro atoms. The average molecular weight is 207 g/mol. The van der Waals surface area contributed by atoms with Crippen LogP contribution in [0.1, 0.15) is 50.8 Å². The summed E-state index contributed by atoms with van der Waals surface area (Å²) in [4.78, 5) is 0. The van der Waals surface area contributed by atoms with E-state index < -0.39 is 6.10 Å². The Hall–Kier alpha value is -1.02. The van der Waals surface area contributed by atoms with Gasteiger partial charge < -0.3 is 10.4 Å². The Labute approximate surface area is 92.3 Å². The summed E-state index contributed by atoms with van der Waals surface area (Å²) in [5.74, 6) is 0.519.